The largest absolute Gasteiger partial charge is 0.493 e. The SMILES string of the molecule is COc1cc(C=NN)c(Br)cc1OC(C)=O. The van der Waals surface area contributed by atoms with Crippen LogP contribution in [0.1, 0.15) is 12.5 Å². The van der Waals surface area contributed by atoms with Crippen LogP contribution >= 0.6 is 15.9 Å². The van der Waals surface area contributed by atoms with Crippen LogP contribution < -0.4 is 15.3 Å². The maximum Gasteiger partial charge on any atom is 0.308 e. The molecule has 0 radical (unpaired) electrons. The van der Waals surface area contributed by atoms with E-state index in [0.29, 0.717) is 16.0 Å². The highest BCUT2D eigenvalue weighted by Gasteiger charge is 2.10. The van der Waals surface area contributed by atoms with Crippen molar-refractivity contribution in [1.82, 2.24) is 0 Å². The van der Waals surface area contributed by atoms with Crippen LogP contribution in [0.25, 0.3) is 0 Å². The van der Waals surface area contributed by atoms with Crippen LogP contribution in [-0.2, 0) is 4.79 Å². The van der Waals surface area contributed by atoms with Crippen LogP contribution in [-0.4, -0.2) is 19.3 Å². The minimum absolute atomic E-state index is 0.344. The van der Waals surface area contributed by atoms with Gasteiger partial charge in [0.25, 0.3) is 0 Å². The van der Waals surface area contributed by atoms with Gasteiger partial charge in [0.2, 0.25) is 0 Å². The molecule has 0 aromatic heterocycles. The first-order chi connectivity index (χ1) is 7.58. The average molecular weight is 287 g/mol. The quantitative estimate of drug-likeness (QED) is 0.302. The molecule has 0 saturated heterocycles. The fraction of sp³-hybridized carbons (Fsp3) is 0.200. The van der Waals surface area contributed by atoms with Crippen LogP contribution in [0.5, 0.6) is 11.5 Å². The molecule has 6 heteroatoms. The van der Waals surface area contributed by atoms with Crippen molar-refractivity contribution in [3.05, 3.63) is 22.2 Å². The summed E-state index contributed by atoms with van der Waals surface area (Å²) in [6, 6.07) is 3.29. The summed E-state index contributed by atoms with van der Waals surface area (Å²) in [5.74, 6) is 5.43. The topological polar surface area (TPSA) is 73.9 Å². The number of hydrazone groups is 1. The number of ether oxygens (including phenoxy) is 2. The first-order valence-electron chi connectivity index (χ1n) is 4.37. The van der Waals surface area contributed by atoms with Crippen LogP contribution in [0, 0.1) is 0 Å². The van der Waals surface area contributed by atoms with Crippen molar-refractivity contribution in [1.29, 1.82) is 0 Å². The van der Waals surface area contributed by atoms with E-state index >= 15 is 0 Å². The lowest BCUT2D eigenvalue weighted by molar-refractivity contribution is -0.132. The van der Waals surface area contributed by atoms with Crippen molar-refractivity contribution in [2.24, 2.45) is 10.9 Å². The highest BCUT2D eigenvalue weighted by molar-refractivity contribution is 9.10. The second-order valence-electron chi connectivity index (χ2n) is 2.90. The highest BCUT2D eigenvalue weighted by atomic mass is 79.9. The molecule has 16 heavy (non-hydrogen) atoms. The maximum atomic E-state index is 10.9. The predicted octanol–water partition coefficient (Wildman–Crippen LogP) is 1.68. The molecular weight excluding hydrogens is 276 g/mol. The van der Waals surface area contributed by atoms with Crippen LogP contribution in [0.3, 0.4) is 0 Å². The Bertz CT molecular complexity index is 432. The van der Waals surface area contributed by atoms with Gasteiger partial charge in [0, 0.05) is 17.0 Å². The summed E-state index contributed by atoms with van der Waals surface area (Å²) < 4.78 is 10.8. The molecule has 0 unspecified atom stereocenters. The van der Waals surface area contributed by atoms with E-state index in [1.807, 2.05) is 0 Å². The van der Waals surface area contributed by atoms with E-state index in [2.05, 4.69) is 21.0 Å². The second-order valence-corrected chi connectivity index (χ2v) is 3.75. The standard InChI is InChI=1S/C10H11BrN2O3/c1-6(14)16-10-4-8(11)7(5-13-12)3-9(10)15-2/h3-5H,12H2,1-2H3. The smallest absolute Gasteiger partial charge is 0.308 e. The Labute approximate surface area is 101 Å². The first kappa shape index (κ1) is 12.5. The van der Waals surface area contributed by atoms with Gasteiger partial charge < -0.3 is 15.3 Å². The number of benzene rings is 1. The van der Waals surface area contributed by atoms with Gasteiger partial charge in [0.05, 0.1) is 13.3 Å². The third kappa shape index (κ3) is 2.96. The Morgan fingerprint density at radius 2 is 2.19 bits per heavy atom. The van der Waals surface area contributed by atoms with Crippen LogP contribution in [0.2, 0.25) is 0 Å². The Hall–Kier alpha value is -1.56. The molecule has 0 aliphatic heterocycles. The third-order valence-corrected chi connectivity index (χ3v) is 2.44. The molecule has 1 aromatic rings. The molecule has 0 bridgehead atoms. The molecular formula is C10H11BrN2O3. The molecule has 0 aliphatic carbocycles. The van der Waals surface area contributed by atoms with Crippen molar-refractivity contribution in [2.75, 3.05) is 7.11 Å². The van der Waals surface area contributed by atoms with Gasteiger partial charge in [-0.25, -0.2) is 0 Å². The monoisotopic (exact) mass is 286 g/mol. The van der Waals surface area contributed by atoms with Crippen LogP contribution in [0.15, 0.2) is 21.7 Å². The van der Waals surface area contributed by atoms with Gasteiger partial charge in [0.1, 0.15) is 0 Å². The van der Waals surface area contributed by atoms with E-state index in [-0.39, 0.29) is 0 Å². The molecule has 0 heterocycles. The number of rotatable bonds is 3. The number of nitrogens with two attached hydrogens (primary N) is 1. The van der Waals surface area contributed by atoms with E-state index in [0.717, 1.165) is 5.56 Å². The Kier molecular flexibility index (Phi) is 4.30. The van der Waals surface area contributed by atoms with E-state index in [1.54, 1.807) is 12.1 Å². The Balaban J connectivity index is 3.20. The van der Waals surface area contributed by atoms with Gasteiger partial charge in [-0.3, -0.25) is 4.79 Å². The summed E-state index contributed by atoms with van der Waals surface area (Å²) in [6.07, 6.45) is 1.46. The molecule has 1 aromatic carbocycles. The molecule has 0 amide bonds. The van der Waals surface area contributed by atoms with E-state index < -0.39 is 5.97 Å². The summed E-state index contributed by atoms with van der Waals surface area (Å²) in [5.41, 5.74) is 0.732. The highest BCUT2D eigenvalue weighted by Crippen LogP contribution is 2.32. The fourth-order valence-corrected chi connectivity index (χ4v) is 1.55. The van der Waals surface area contributed by atoms with Crippen molar-refractivity contribution in [3.8, 4) is 11.5 Å². The molecule has 2 N–H and O–H groups in total. The second kappa shape index (κ2) is 5.50. The number of hydrogen-bond acceptors (Lipinski definition) is 5. The number of carbonyl (C=O) groups is 1. The molecule has 0 fully saturated rings. The number of hydrogen-bond donors (Lipinski definition) is 1. The minimum Gasteiger partial charge on any atom is -0.493 e. The van der Waals surface area contributed by atoms with Crippen molar-refractivity contribution in [3.63, 3.8) is 0 Å². The summed E-state index contributed by atoms with van der Waals surface area (Å²) >= 11 is 3.31. The zero-order valence-corrected chi connectivity index (χ0v) is 10.4. The average Bonchev–Trinajstić information content (AvgIpc) is 2.21. The van der Waals surface area contributed by atoms with Gasteiger partial charge >= 0.3 is 5.97 Å². The van der Waals surface area contributed by atoms with Crippen molar-refractivity contribution < 1.29 is 14.3 Å². The molecule has 5 nitrogen and oxygen atoms in total. The van der Waals surface area contributed by atoms with Crippen molar-refractivity contribution in [2.45, 2.75) is 6.92 Å². The Morgan fingerprint density at radius 3 is 2.69 bits per heavy atom. The number of esters is 1. The third-order valence-electron chi connectivity index (χ3n) is 1.75. The summed E-state index contributed by atoms with van der Waals surface area (Å²) in [5, 5.41) is 3.41. The number of nitrogens with zero attached hydrogens (tertiary/aromatic N) is 1. The van der Waals surface area contributed by atoms with Gasteiger partial charge in [-0.1, -0.05) is 0 Å². The van der Waals surface area contributed by atoms with Gasteiger partial charge in [-0.15, -0.1) is 0 Å². The minimum atomic E-state index is -0.412. The lowest BCUT2D eigenvalue weighted by Crippen LogP contribution is -2.04. The zero-order valence-electron chi connectivity index (χ0n) is 8.86. The number of halogens is 1. The number of methoxy groups -OCH3 is 1. The Morgan fingerprint density at radius 1 is 1.50 bits per heavy atom. The molecule has 1 rings (SSSR count). The van der Waals surface area contributed by atoms with E-state index in [4.69, 9.17) is 15.3 Å². The molecule has 0 saturated carbocycles. The van der Waals surface area contributed by atoms with Crippen LogP contribution in [0.4, 0.5) is 0 Å². The molecule has 0 spiro atoms. The first-order valence-corrected chi connectivity index (χ1v) is 5.17. The van der Waals surface area contributed by atoms with Gasteiger partial charge in [-0.05, 0) is 28.1 Å². The van der Waals surface area contributed by atoms with E-state index in [9.17, 15) is 4.79 Å². The van der Waals surface area contributed by atoms with Crippen molar-refractivity contribution >= 4 is 28.1 Å². The lowest BCUT2D eigenvalue weighted by Gasteiger charge is -2.09. The fourth-order valence-electron chi connectivity index (χ4n) is 1.12. The van der Waals surface area contributed by atoms with E-state index in [1.165, 1.54) is 20.2 Å². The van der Waals surface area contributed by atoms with Gasteiger partial charge in [0.15, 0.2) is 11.5 Å². The molecule has 0 atom stereocenters. The summed E-state index contributed by atoms with van der Waals surface area (Å²) in [4.78, 5) is 10.9. The zero-order chi connectivity index (χ0) is 12.1. The lowest BCUT2D eigenvalue weighted by atomic mass is 10.2. The van der Waals surface area contributed by atoms with Gasteiger partial charge in [-0.2, -0.15) is 5.10 Å². The normalized spacial score (nSPS) is 10.4. The maximum absolute atomic E-state index is 10.9. The number of carbonyl (C=O) groups excluding carboxylic acids is 1. The summed E-state index contributed by atoms with van der Waals surface area (Å²) in [7, 11) is 1.49. The summed E-state index contributed by atoms with van der Waals surface area (Å²) in [6.45, 7) is 1.32. The predicted molar refractivity (Wildman–Crippen MR) is 63.8 cm³/mol. The molecule has 86 valence electrons. The molecule has 0 aliphatic rings.